The lowest BCUT2D eigenvalue weighted by atomic mass is 10.4. The normalized spacial score (nSPS) is 9.76. The summed E-state index contributed by atoms with van der Waals surface area (Å²) in [5.74, 6) is -0.721. The van der Waals surface area contributed by atoms with Gasteiger partial charge >= 0.3 is 0 Å². The van der Waals surface area contributed by atoms with Crippen molar-refractivity contribution in [2.24, 2.45) is 0 Å². The third-order valence-corrected chi connectivity index (χ3v) is 2.00. The Hall–Kier alpha value is -1.69. The maximum Gasteiger partial charge on any atom is 0.271 e. The molecule has 92 valence electrons. The summed E-state index contributed by atoms with van der Waals surface area (Å²) in [6.07, 6.45) is 3.46. The average Bonchev–Trinajstić information content (AvgIpc) is 2.33. The summed E-state index contributed by atoms with van der Waals surface area (Å²) in [7, 11) is 0. The molecule has 6 nitrogen and oxygen atoms in total. The first kappa shape index (κ1) is 13.4. The van der Waals surface area contributed by atoms with Gasteiger partial charge in [0.2, 0.25) is 5.91 Å². The summed E-state index contributed by atoms with van der Waals surface area (Å²) in [5, 5.41) is 5.19. The van der Waals surface area contributed by atoms with Gasteiger partial charge in [0.15, 0.2) is 0 Å². The Balaban J connectivity index is 2.42. The quantitative estimate of drug-likeness (QED) is 0.798. The van der Waals surface area contributed by atoms with E-state index in [4.69, 9.17) is 11.6 Å². The van der Waals surface area contributed by atoms with Gasteiger partial charge < -0.3 is 10.6 Å². The van der Waals surface area contributed by atoms with Crippen molar-refractivity contribution in [1.82, 2.24) is 20.6 Å². The van der Waals surface area contributed by atoms with Crippen LogP contribution in [-0.4, -0.2) is 34.9 Å². The zero-order valence-electron chi connectivity index (χ0n) is 9.36. The molecule has 0 fully saturated rings. The van der Waals surface area contributed by atoms with Crippen LogP contribution in [0.2, 0.25) is 5.15 Å². The van der Waals surface area contributed by atoms with E-state index in [1.807, 2.05) is 6.92 Å². The summed E-state index contributed by atoms with van der Waals surface area (Å²) in [6, 6.07) is 0. The van der Waals surface area contributed by atoms with Gasteiger partial charge in [-0.3, -0.25) is 14.6 Å². The first-order chi connectivity index (χ1) is 8.13. The van der Waals surface area contributed by atoms with Crippen molar-refractivity contribution in [2.45, 2.75) is 13.3 Å². The van der Waals surface area contributed by atoms with Crippen molar-refractivity contribution < 1.29 is 9.59 Å². The monoisotopic (exact) mass is 256 g/mol. The van der Waals surface area contributed by atoms with Gasteiger partial charge in [-0.2, -0.15) is 0 Å². The Morgan fingerprint density at radius 3 is 2.76 bits per heavy atom. The molecule has 0 bridgehead atoms. The van der Waals surface area contributed by atoms with E-state index < -0.39 is 5.91 Å². The molecule has 0 aromatic carbocycles. The van der Waals surface area contributed by atoms with Crippen LogP contribution in [0, 0.1) is 0 Å². The predicted molar refractivity (Wildman–Crippen MR) is 62.7 cm³/mol. The first-order valence-corrected chi connectivity index (χ1v) is 5.53. The molecule has 0 atom stereocenters. The van der Waals surface area contributed by atoms with Crippen molar-refractivity contribution in [1.29, 1.82) is 0 Å². The van der Waals surface area contributed by atoms with Crippen molar-refractivity contribution in [3.63, 3.8) is 0 Å². The molecule has 1 aromatic heterocycles. The van der Waals surface area contributed by atoms with Crippen LogP contribution in [0.4, 0.5) is 0 Å². The van der Waals surface area contributed by atoms with Crippen LogP contribution in [0.3, 0.4) is 0 Å². The van der Waals surface area contributed by atoms with Gasteiger partial charge in [-0.05, 0) is 6.42 Å². The lowest BCUT2D eigenvalue weighted by Gasteiger charge is -2.05. The van der Waals surface area contributed by atoms with Crippen molar-refractivity contribution in [2.75, 3.05) is 13.1 Å². The minimum Gasteiger partial charge on any atom is -0.355 e. The molecule has 0 saturated carbocycles. The molecule has 0 aliphatic carbocycles. The number of halogens is 1. The van der Waals surface area contributed by atoms with E-state index in [0.717, 1.165) is 6.42 Å². The second kappa shape index (κ2) is 6.80. The highest BCUT2D eigenvalue weighted by Crippen LogP contribution is 2.01. The largest absolute Gasteiger partial charge is 0.355 e. The molecule has 1 heterocycles. The van der Waals surface area contributed by atoms with E-state index in [1.54, 1.807) is 0 Å². The number of nitrogens with zero attached hydrogens (tertiary/aromatic N) is 2. The van der Waals surface area contributed by atoms with Gasteiger partial charge in [-0.15, -0.1) is 0 Å². The fourth-order valence-corrected chi connectivity index (χ4v) is 1.18. The molecule has 7 heteroatoms. The third-order valence-electron chi connectivity index (χ3n) is 1.82. The van der Waals surface area contributed by atoms with Crippen LogP contribution in [0.15, 0.2) is 12.4 Å². The molecule has 0 aliphatic rings. The molecule has 0 spiro atoms. The summed E-state index contributed by atoms with van der Waals surface area (Å²) in [4.78, 5) is 30.2. The lowest BCUT2D eigenvalue weighted by molar-refractivity contribution is -0.120. The van der Waals surface area contributed by atoms with Gasteiger partial charge in [-0.25, -0.2) is 4.98 Å². The van der Waals surface area contributed by atoms with Crippen LogP contribution in [0.1, 0.15) is 23.8 Å². The SMILES string of the molecule is CCCNC(=O)CNC(=O)c1cncc(Cl)n1. The number of hydrogen-bond acceptors (Lipinski definition) is 4. The van der Waals surface area contributed by atoms with E-state index in [-0.39, 0.29) is 23.3 Å². The molecule has 0 saturated heterocycles. The summed E-state index contributed by atoms with van der Waals surface area (Å²) >= 11 is 5.59. The molecular weight excluding hydrogens is 244 g/mol. The van der Waals surface area contributed by atoms with Crippen molar-refractivity contribution >= 4 is 23.4 Å². The zero-order chi connectivity index (χ0) is 12.7. The number of rotatable bonds is 5. The second-order valence-corrected chi connectivity index (χ2v) is 3.65. The van der Waals surface area contributed by atoms with Gasteiger partial charge in [0, 0.05) is 6.54 Å². The molecule has 2 N–H and O–H groups in total. The Bertz CT molecular complexity index is 411. The summed E-state index contributed by atoms with van der Waals surface area (Å²) in [6.45, 7) is 2.44. The molecular formula is C10H13ClN4O2. The van der Waals surface area contributed by atoms with Gasteiger partial charge in [0.05, 0.1) is 18.9 Å². The minimum absolute atomic E-state index is 0.0841. The highest BCUT2D eigenvalue weighted by molar-refractivity contribution is 6.29. The van der Waals surface area contributed by atoms with Crippen molar-refractivity contribution in [3.8, 4) is 0 Å². The molecule has 0 radical (unpaired) electrons. The third kappa shape index (κ3) is 4.78. The standard InChI is InChI=1S/C10H13ClN4O2/c1-2-3-13-9(16)6-14-10(17)7-4-12-5-8(11)15-7/h4-5H,2-3,6H2,1H3,(H,13,16)(H,14,17). The Labute approximate surface area is 104 Å². The van der Waals surface area contributed by atoms with Crippen LogP contribution in [-0.2, 0) is 4.79 Å². The topological polar surface area (TPSA) is 84.0 Å². The summed E-state index contributed by atoms with van der Waals surface area (Å²) < 4.78 is 0. The smallest absolute Gasteiger partial charge is 0.271 e. The van der Waals surface area contributed by atoms with E-state index >= 15 is 0 Å². The molecule has 1 aromatic rings. The minimum atomic E-state index is -0.480. The number of aromatic nitrogens is 2. The fourth-order valence-electron chi connectivity index (χ4n) is 1.03. The highest BCUT2D eigenvalue weighted by Gasteiger charge is 2.09. The van der Waals surface area contributed by atoms with E-state index in [9.17, 15) is 9.59 Å². The summed E-state index contributed by atoms with van der Waals surface area (Å²) in [5.41, 5.74) is 0.0841. The van der Waals surface area contributed by atoms with E-state index in [0.29, 0.717) is 6.54 Å². The number of carbonyl (C=O) groups is 2. The van der Waals surface area contributed by atoms with Crippen LogP contribution in [0.25, 0.3) is 0 Å². The average molecular weight is 257 g/mol. The molecule has 0 aliphatic heterocycles. The van der Waals surface area contributed by atoms with Gasteiger partial charge in [-0.1, -0.05) is 18.5 Å². The first-order valence-electron chi connectivity index (χ1n) is 5.16. The van der Waals surface area contributed by atoms with Gasteiger partial charge in [0.25, 0.3) is 5.91 Å². The maximum atomic E-state index is 11.5. The molecule has 17 heavy (non-hydrogen) atoms. The van der Waals surface area contributed by atoms with Crippen LogP contribution >= 0.6 is 11.6 Å². The number of amides is 2. The van der Waals surface area contributed by atoms with E-state index in [2.05, 4.69) is 20.6 Å². The number of hydrogen-bond donors (Lipinski definition) is 2. The Morgan fingerprint density at radius 2 is 2.12 bits per heavy atom. The van der Waals surface area contributed by atoms with E-state index in [1.165, 1.54) is 12.4 Å². The zero-order valence-corrected chi connectivity index (χ0v) is 10.1. The highest BCUT2D eigenvalue weighted by atomic mass is 35.5. The molecule has 2 amide bonds. The van der Waals surface area contributed by atoms with Crippen LogP contribution < -0.4 is 10.6 Å². The van der Waals surface area contributed by atoms with Gasteiger partial charge in [0.1, 0.15) is 10.8 Å². The predicted octanol–water partition coefficient (Wildman–Crippen LogP) is 0.386. The second-order valence-electron chi connectivity index (χ2n) is 3.26. The lowest BCUT2D eigenvalue weighted by Crippen LogP contribution is -2.37. The molecule has 1 rings (SSSR count). The van der Waals surface area contributed by atoms with Crippen LogP contribution in [0.5, 0.6) is 0 Å². The van der Waals surface area contributed by atoms with Crippen molar-refractivity contribution in [3.05, 3.63) is 23.2 Å². The Morgan fingerprint density at radius 1 is 1.35 bits per heavy atom. The fraction of sp³-hybridized carbons (Fsp3) is 0.400. The number of nitrogens with one attached hydrogen (secondary N) is 2. The maximum absolute atomic E-state index is 11.5. The Kier molecular flexibility index (Phi) is 5.35. The molecule has 0 unspecified atom stereocenters. The number of carbonyl (C=O) groups excluding carboxylic acids is 2.